The molecular formula is C15H25NO2. The topological polar surface area (TPSA) is 30.5 Å². The van der Waals surface area contributed by atoms with Crippen molar-refractivity contribution < 1.29 is 9.47 Å². The van der Waals surface area contributed by atoms with E-state index in [2.05, 4.69) is 43.4 Å². The maximum absolute atomic E-state index is 5.48. The van der Waals surface area contributed by atoms with Crippen molar-refractivity contribution in [3.05, 3.63) is 35.4 Å². The fourth-order valence-electron chi connectivity index (χ4n) is 1.72. The van der Waals surface area contributed by atoms with Crippen molar-refractivity contribution >= 4 is 0 Å². The lowest BCUT2D eigenvalue weighted by molar-refractivity contribution is 0.0880. The van der Waals surface area contributed by atoms with Crippen LogP contribution >= 0.6 is 0 Å². The lowest BCUT2D eigenvalue weighted by Gasteiger charge is -2.20. The smallest absolute Gasteiger partial charge is 0.0719 e. The molecule has 1 aromatic carbocycles. The first-order valence-corrected chi connectivity index (χ1v) is 6.59. The van der Waals surface area contributed by atoms with Crippen LogP contribution in [0.25, 0.3) is 0 Å². The second-order valence-electron chi connectivity index (χ2n) is 4.52. The van der Waals surface area contributed by atoms with Gasteiger partial charge in [-0.15, -0.1) is 0 Å². The normalized spacial score (nSPS) is 14.4. The molecule has 1 N–H and O–H groups in total. The summed E-state index contributed by atoms with van der Waals surface area (Å²) in [5.74, 6) is 0. The van der Waals surface area contributed by atoms with Crippen LogP contribution in [0.4, 0.5) is 0 Å². The van der Waals surface area contributed by atoms with Gasteiger partial charge in [0.05, 0.1) is 12.7 Å². The molecule has 1 aromatic rings. The van der Waals surface area contributed by atoms with E-state index in [0.29, 0.717) is 12.6 Å². The molecule has 102 valence electrons. The van der Waals surface area contributed by atoms with Gasteiger partial charge in [-0.1, -0.05) is 24.3 Å². The third-order valence-electron chi connectivity index (χ3n) is 3.27. The zero-order valence-electron chi connectivity index (χ0n) is 11.9. The van der Waals surface area contributed by atoms with Crippen LogP contribution < -0.4 is 5.32 Å². The van der Waals surface area contributed by atoms with Crippen LogP contribution in [0, 0.1) is 0 Å². The quantitative estimate of drug-likeness (QED) is 0.770. The highest BCUT2D eigenvalue weighted by Gasteiger charge is 2.11. The van der Waals surface area contributed by atoms with Crippen molar-refractivity contribution in [2.75, 3.05) is 13.7 Å². The molecule has 0 aliphatic carbocycles. The van der Waals surface area contributed by atoms with Gasteiger partial charge in [0.1, 0.15) is 0 Å². The summed E-state index contributed by atoms with van der Waals surface area (Å²) in [5.41, 5.74) is 2.55. The average molecular weight is 251 g/mol. The van der Waals surface area contributed by atoms with E-state index in [-0.39, 0.29) is 6.10 Å². The highest BCUT2D eigenvalue weighted by Crippen LogP contribution is 2.10. The van der Waals surface area contributed by atoms with Crippen LogP contribution in [0.5, 0.6) is 0 Å². The monoisotopic (exact) mass is 251 g/mol. The Labute approximate surface area is 110 Å². The molecule has 0 radical (unpaired) electrons. The van der Waals surface area contributed by atoms with Gasteiger partial charge in [0.25, 0.3) is 0 Å². The molecule has 0 amide bonds. The summed E-state index contributed by atoms with van der Waals surface area (Å²) in [7, 11) is 1.74. The summed E-state index contributed by atoms with van der Waals surface area (Å²) in [6.07, 6.45) is 0.212. The van der Waals surface area contributed by atoms with E-state index in [0.717, 1.165) is 13.2 Å². The highest BCUT2D eigenvalue weighted by molar-refractivity contribution is 5.26. The minimum absolute atomic E-state index is 0.212. The van der Waals surface area contributed by atoms with Crippen molar-refractivity contribution in [3.8, 4) is 0 Å². The molecule has 0 saturated heterocycles. The van der Waals surface area contributed by atoms with E-state index in [9.17, 15) is 0 Å². The molecule has 0 fully saturated rings. The summed E-state index contributed by atoms with van der Waals surface area (Å²) in [6, 6.07) is 8.72. The molecule has 0 aliphatic rings. The minimum Gasteiger partial charge on any atom is -0.380 e. The Hall–Kier alpha value is -0.900. The lowest BCUT2D eigenvalue weighted by Crippen LogP contribution is -2.36. The molecule has 3 heteroatoms. The molecule has 0 heterocycles. The van der Waals surface area contributed by atoms with Crippen molar-refractivity contribution in [1.29, 1.82) is 0 Å². The van der Waals surface area contributed by atoms with Crippen LogP contribution in [0.1, 0.15) is 31.9 Å². The second kappa shape index (κ2) is 8.25. The van der Waals surface area contributed by atoms with Gasteiger partial charge in [0.15, 0.2) is 0 Å². The summed E-state index contributed by atoms with van der Waals surface area (Å²) < 4.78 is 10.8. The number of hydrogen-bond donors (Lipinski definition) is 1. The number of benzene rings is 1. The van der Waals surface area contributed by atoms with E-state index in [1.165, 1.54) is 11.1 Å². The molecule has 0 saturated carbocycles. The molecule has 2 atom stereocenters. The Bertz CT molecular complexity index is 341. The van der Waals surface area contributed by atoms with Crippen molar-refractivity contribution in [3.63, 3.8) is 0 Å². The fourth-order valence-corrected chi connectivity index (χ4v) is 1.72. The maximum atomic E-state index is 5.48. The number of hydrogen-bond acceptors (Lipinski definition) is 3. The lowest BCUT2D eigenvalue weighted by atomic mass is 10.1. The van der Waals surface area contributed by atoms with E-state index in [4.69, 9.17) is 9.47 Å². The van der Waals surface area contributed by atoms with Crippen LogP contribution in [-0.2, 0) is 22.6 Å². The number of methoxy groups -OCH3 is 1. The molecule has 3 nitrogen and oxygen atoms in total. The Morgan fingerprint density at radius 3 is 2.44 bits per heavy atom. The molecular weight excluding hydrogens is 226 g/mol. The maximum Gasteiger partial charge on any atom is 0.0719 e. The largest absolute Gasteiger partial charge is 0.380 e. The van der Waals surface area contributed by atoms with Gasteiger partial charge in [-0.3, -0.25) is 0 Å². The third kappa shape index (κ3) is 4.77. The van der Waals surface area contributed by atoms with Crippen molar-refractivity contribution in [2.45, 2.75) is 46.1 Å². The molecule has 0 aromatic heterocycles. The minimum atomic E-state index is 0.212. The van der Waals surface area contributed by atoms with Gasteiger partial charge >= 0.3 is 0 Å². The third-order valence-corrected chi connectivity index (χ3v) is 3.27. The highest BCUT2D eigenvalue weighted by atomic mass is 16.5. The first kappa shape index (κ1) is 15.2. The first-order valence-electron chi connectivity index (χ1n) is 6.59. The molecule has 0 bridgehead atoms. The number of nitrogens with one attached hydrogen (secondary N) is 1. The molecule has 1 rings (SSSR count). The first-order chi connectivity index (χ1) is 8.69. The van der Waals surface area contributed by atoms with Gasteiger partial charge in [-0.2, -0.15) is 0 Å². The van der Waals surface area contributed by atoms with Crippen molar-refractivity contribution in [2.24, 2.45) is 0 Å². The summed E-state index contributed by atoms with van der Waals surface area (Å²) in [5, 5.41) is 3.49. The van der Waals surface area contributed by atoms with E-state index in [1.807, 2.05) is 6.92 Å². The average Bonchev–Trinajstić information content (AvgIpc) is 2.42. The van der Waals surface area contributed by atoms with Crippen LogP contribution in [0.2, 0.25) is 0 Å². The van der Waals surface area contributed by atoms with E-state index in [1.54, 1.807) is 7.11 Å². The Morgan fingerprint density at radius 1 is 1.17 bits per heavy atom. The fraction of sp³-hybridized carbons (Fsp3) is 0.600. The molecule has 2 unspecified atom stereocenters. The second-order valence-corrected chi connectivity index (χ2v) is 4.52. The summed E-state index contributed by atoms with van der Waals surface area (Å²) in [4.78, 5) is 0. The van der Waals surface area contributed by atoms with Gasteiger partial charge in [0, 0.05) is 26.3 Å². The standard InChI is InChI=1S/C15H25NO2/c1-5-18-11-15-9-7-6-8-14(15)10-16-12(2)13(3)17-4/h6-9,12-13,16H,5,10-11H2,1-4H3. The summed E-state index contributed by atoms with van der Waals surface area (Å²) >= 11 is 0. The van der Waals surface area contributed by atoms with Crippen LogP contribution in [-0.4, -0.2) is 25.9 Å². The number of ether oxygens (including phenoxy) is 2. The van der Waals surface area contributed by atoms with Gasteiger partial charge in [0.2, 0.25) is 0 Å². The SMILES string of the molecule is CCOCc1ccccc1CNC(C)C(C)OC. The van der Waals surface area contributed by atoms with Gasteiger partial charge in [-0.25, -0.2) is 0 Å². The van der Waals surface area contributed by atoms with Crippen LogP contribution in [0.3, 0.4) is 0 Å². The van der Waals surface area contributed by atoms with E-state index < -0.39 is 0 Å². The number of rotatable bonds is 8. The predicted octanol–water partition coefficient (Wildman–Crippen LogP) is 2.74. The molecule has 0 spiro atoms. The van der Waals surface area contributed by atoms with Gasteiger partial charge in [-0.05, 0) is 31.9 Å². The Kier molecular flexibility index (Phi) is 6.94. The van der Waals surface area contributed by atoms with Crippen LogP contribution in [0.15, 0.2) is 24.3 Å². The van der Waals surface area contributed by atoms with E-state index >= 15 is 0 Å². The summed E-state index contributed by atoms with van der Waals surface area (Å²) in [6.45, 7) is 8.51. The zero-order valence-corrected chi connectivity index (χ0v) is 11.9. The Morgan fingerprint density at radius 2 is 1.83 bits per heavy atom. The molecule has 0 aliphatic heterocycles. The molecule has 18 heavy (non-hydrogen) atoms. The Balaban J connectivity index is 2.55. The predicted molar refractivity (Wildman–Crippen MR) is 74.5 cm³/mol. The van der Waals surface area contributed by atoms with Crippen molar-refractivity contribution in [1.82, 2.24) is 5.32 Å². The zero-order chi connectivity index (χ0) is 13.4. The van der Waals surface area contributed by atoms with Gasteiger partial charge < -0.3 is 14.8 Å².